The molecule has 1 aromatic carbocycles. The largest absolute Gasteiger partial charge is 0.707 e. The maximum absolute atomic E-state index is 8.63. The maximum Gasteiger partial charge on any atom is 0.707 e. The Labute approximate surface area is 107 Å². The molecule has 0 unspecified atom stereocenters. The first kappa shape index (κ1) is 13.2. The number of hydrogen-bond donors (Lipinski definition) is 2. The van der Waals surface area contributed by atoms with Gasteiger partial charge in [0.15, 0.2) is 0 Å². The Kier molecular flexibility index (Phi) is 4.86. The van der Waals surface area contributed by atoms with E-state index in [1.54, 1.807) is 24.3 Å². The van der Waals surface area contributed by atoms with E-state index in [1.165, 1.54) is 25.9 Å². The third kappa shape index (κ3) is 4.21. The van der Waals surface area contributed by atoms with E-state index in [0.717, 1.165) is 12.3 Å². The van der Waals surface area contributed by atoms with Crippen LogP contribution in [-0.4, -0.2) is 48.5 Å². The monoisotopic (exact) mass is 251 g/mol. The molecule has 0 bridgehead atoms. The molecule has 2 N–H and O–H groups in total. The first-order valence-corrected chi connectivity index (χ1v) is 6.22. The minimum Gasteiger partial charge on any atom is -0.512 e. The zero-order valence-corrected chi connectivity index (χ0v) is 10.3. The predicted molar refractivity (Wildman–Crippen MR) is 68.4 cm³/mol. The van der Waals surface area contributed by atoms with Gasteiger partial charge in [0.1, 0.15) is 18.1 Å². The van der Waals surface area contributed by atoms with Crippen molar-refractivity contribution >= 4 is 7.32 Å². The molecule has 1 saturated heterocycles. The molecule has 0 aliphatic carbocycles. The zero-order valence-electron chi connectivity index (χ0n) is 10.3. The summed E-state index contributed by atoms with van der Waals surface area (Å²) in [5.41, 5.74) is 0. The minimum atomic E-state index is -1.79. The van der Waals surface area contributed by atoms with Gasteiger partial charge in [0, 0.05) is 6.54 Å². The summed E-state index contributed by atoms with van der Waals surface area (Å²) in [5.74, 6) is 1.16. The van der Waals surface area contributed by atoms with E-state index in [-0.39, 0.29) is 0 Å². The van der Waals surface area contributed by atoms with E-state index in [0.29, 0.717) is 12.4 Å². The van der Waals surface area contributed by atoms with E-state index < -0.39 is 7.32 Å². The van der Waals surface area contributed by atoms with E-state index in [4.69, 9.17) is 19.4 Å². The molecule has 1 aromatic rings. The number of benzene rings is 1. The highest BCUT2D eigenvalue weighted by Crippen LogP contribution is 2.17. The molecule has 1 fully saturated rings. The molecule has 18 heavy (non-hydrogen) atoms. The second-order valence-corrected chi connectivity index (χ2v) is 4.31. The molecule has 1 aliphatic rings. The van der Waals surface area contributed by atoms with Crippen LogP contribution >= 0.6 is 0 Å². The second-order valence-electron chi connectivity index (χ2n) is 4.31. The quantitative estimate of drug-likeness (QED) is 0.721. The molecule has 98 valence electrons. The molecule has 0 spiro atoms. The zero-order chi connectivity index (χ0) is 12.8. The highest BCUT2D eigenvalue weighted by molar-refractivity contribution is 6.33. The standard InChI is InChI=1S/C12H18BNO4/c15-13(16)18-12-5-3-11(4-6-12)17-10-9-14-7-1-2-8-14/h3-6,15-16H,1-2,7-10H2. The summed E-state index contributed by atoms with van der Waals surface area (Å²) in [6.45, 7) is 3.96. The molecule has 1 heterocycles. The Morgan fingerprint density at radius 2 is 1.67 bits per heavy atom. The van der Waals surface area contributed by atoms with Crippen LogP contribution in [0.3, 0.4) is 0 Å². The van der Waals surface area contributed by atoms with Crippen molar-refractivity contribution in [2.45, 2.75) is 12.8 Å². The van der Waals surface area contributed by atoms with Crippen LogP contribution in [0.4, 0.5) is 0 Å². The summed E-state index contributed by atoms with van der Waals surface area (Å²) in [4.78, 5) is 2.39. The Bertz CT molecular complexity index is 352. The number of hydrogen-bond acceptors (Lipinski definition) is 5. The van der Waals surface area contributed by atoms with Crippen LogP contribution in [0, 0.1) is 0 Å². The van der Waals surface area contributed by atoms with E-state index in [2.05, 4.69) is 4.90 Å². The Morgan fingerprint density at radius 3 is 2.28 bits per heavy atom. The first-order valence-electron chi connectivity index (χ1n) is 6.22. The third-order valence-corrected chi connectivity index (χ3v) is 2.94. The van der Waals surface area contributed by atoms with E-state index in [9.17, 15) is 0 Å². The van der Waals surface area contributed by atoms with Crippen molar-refractivity contribution in [1.29, 1.82) is 0 Å². The summed E-state index contributed by atoms with van der Waals surface area (Å²) in [6, 6.07) is 6.79. The highest BCUT2D eigenvalue weighted by atomic mass is 16.6. The third-order valence-electron chi connectivity index (χ3n) is 2.94. The molecule has 6 heteroatoms. The van der Waals surface area contributed by atoms with Crippen LogP contribution in [0.5, 0.6) is 11.5 Å². The summed E-state index contributed by atoms with van der Waals surface area (Å²) in [5, 5.41) is 17.3. The number of ether oxygens (including phenoxy) is 1. The lowest BCUT2D eigenvalue weighted by Crippen LogP contribution is -2.25. The van der Waals surface area contributed by atoms with Gasteiger partial charge in [-0.25, -0.2) is 0 Å². The summed E-state index contributed by atoms with van der Waals surface area (Å²) >= 11 is 0. The molecular weight excluding hydrogens is 233 g/mol. The topological polar surface area (TPSA) is 62.2 Å². The van der Waals surface area contributed by atoms with Crippen LogP contribution in [0.25, 0.3) is 0 Å². The lowest BCUT2D eigenvalue weighted by molar-refractivity contribution is 0.237. The van der Waals surface area contributed by atoms with Crippen molar-refractivity contribution in [1.82, 2.24) is 4.90 Å². The predicted octanol–water partition coefficient (Wildman–Crippen LogP) is 0.509. The molecule has 5 nitrogen and oxygen atoms in total. The molecule has 2 rings (SSSR count). The van der Waals surface area contributed by atoms with Crippen molar-refractivity contribution in [2.24, 2.45) is 0 Å². The Balaban J connectivity index is 1.72. The average Bonchev–Trinajstić information content (AvgIpc) is 2.84. The smallest absolute Gasteiger partial charge is 0.512 e. The highest BCUT2D eigenvalue weighted by Gasteiger charge is 2.12. The Morgan fingerprint density at radius 1 is 1.06 bits per heavy atom. The lowest BCUT2D eigenvalue weighted by Gasteiger charge is -2.15. The van der Waals surface area contributed by atoms with Gasteiger partial charge in [-0.05, 0) is 50.2 Å². The van der Waals surface area contributed by atoms with Crippen molar-refractivity contribution in [2.75, 3.05) is 26.2 Å². The fourth-order valence-corrected chi connectivity index (χ4v) is 2.03. The molecular formula is C12H18BNO4. The maximum atomic E-state index is 8.63. The van der Waals surface area contributed by atoms with Gasteiger partial charge in [-0.3, -0.25) is 4.90 Å². The molecule has 0 atom stereocenters. The summed E-state index contributed by atoms with van der Waals surface area (Å²) in [7, 11) is -1.79. The fraction of sp³-hybridized carbons (Fsp3) is 0.500. The molecule has 1 aliphatic heterocycles. The minimum absolute atomic E-state index is 0.400. The SMILES string of the molecule is OB(O)Oc1ccc(OCCN2CCCC2)cc1. The Hall–Kier alpha value is -1.24. The van der Waals surface area contributed by atoms with E-state index in [1.807, 2.05) is 0 Å². The van der Waals surface area contributed by atoms with Crippen molar-refractivity contribution in [3.63, 3.8) is 0 Å². The van der Waals surface area contributed by atoms with Crippen molar-refractivity contribution in [3.8, 4) is 11.5 Å². The lowest BCUT2D eigenvalue weighted by atomic mass is 10.2. The van der Waals surface area contributed by atoms with Gasteiger partial charge in [0.25, 0.3) is 0 Å². The van der Waals surface area contributed by atoms with Crippen LogP contribution < -0.4 is 9.39 Å². The van der Waals surface area contributed by atoms with Gasteiger partial charge in [-0.15, -0.1) is 0 Å². The second kappa shape index (κ2) is 6.63. The number of likely N-dealkylation sites (tertiary alicyclic amines) is 1. The number of nitrogens with zero attached hydrogens (tertiary/aromatic N) is 1. The van der Waals surface area contributed by atoms with Crippen LogP contribution in [-0.2, 0) is 0 Å². The van der Waals surface area contributed by atoms with E-state index >= 15 is 0 Å². The fourth-order valence-electron chi connectivity index (χ4n) is 2.03. The van der Waals surface area contributed by atoms with Gasteiger partial charge >= 0.3 is 7.32 Å². The average molecular weight is 251 g/mol. The molecule has 0 aromatic heterocycles. The van der Waals surface area contributed by atoms with Gasteiger partial charge in [0.05, 0.1) is 0 Å². The van der Waals surface area contributed by atoms with Gasteiger partial charge in [0.2, 0.25) is 0 Å². The first-order chi connectivity index (χ1) is 8.74. The molecule has 0 radical (unpaired) electrons. The van der Waals surface area contributed by atoms with Crippen LogP contribution in [0.2, 0.25) is 0 Å². The number of rotatable bonds is 6. The van der Waals surface area contributed by atoms with Crippen LogP contribution in [0.15, 0.2) is 24.3 Å². The molecule has 0 amide bonds. The summed E-state index contributed by atoms with van der Waals surface area (Å²) < 4.78 is 10.3. The van der Waals surface area contributed by atoms with Crippen LogP contribution in [0.1, 0.15) is 12.8 Å². The van der Waals surface area contributed by atoms with Crippen molar-refractivity contribution < 1.29 is 19.4 Å². The van der Waals surface area contributed by atoms with Gasteiger partial charge in [-0.1, -0.05) is 0 Å². The van der Waals surface area contributed by atoms with Gasteiger partial charge < -0.3 is 19.4 Å². The summed E-state index contributed by atoms with van der Waals surface area (Å²) in [6.07, 6.45) is 2.57. The normalized spacial score (nSPS) is 15.7. The van der Waals surface area contributed by atoms with Gasteiger partial charge in [-0.2, -0.15) is 0 Å². The van der Waals surface area contributed by atoms with Crippen molar-refractivity contribution in [3.05, 3.63) is 24.3 Å². The molecule has 0 saturated carbocycles.